The second-order valence-electron chi connectivity index (χ2n) is 4.89. The molecule has 24 heavy (non-hydrogen) atoms. The zero-order valence-electron chi connectivity index (χ0n) is 12.7. The first-order chi connectivity index (χ1) is 11.6. The Morgan fingerprint density at radius 1 is 1.38 bits per heavy atom. The number of hydrogen-bond acceptors (Lipinski definition) is 7. The summed E-state index contributed by atoms with van der Waals surface area (Å²) in [6.45, 7) is 0.435. The summed E-state index contributed by atoms with van der Waals surface area (Å²) in [5.74, 6) is -0.0244. The molecule has 0 aromatic carbocycles. The van der Waals surface area contributed by atoms with Crippen LogP contribution in [-0.4, -0.2) is 50.5 Å². The van der Waals surface area contributed by atoms with Gasteiger partial charge in [-0.2, -0.15) is 5.10 Å². The summed E-state index contributed by atoms with van der Waals surface area (Å²) in [4.78, 5) is 34.9. The number of thiophene rings is 1. The van der Waals surface area contributed by atoms with Gasteiger partial charge in [-0.1, -0.05) is 6.07 Å². The third-order valence-corrected chi connectivity index (χ3v) is 4.83. The molecule has 0 unspecified atom stereocenters. The van der Waals surface area contributed by atoms with E-state index < -0.39 is 0 Å². The molecule has 0 bridgehead atoms. The Labute approximate surface area is 145 Å². The molecular weight excluding hydrogens is 348 g/mol. The summed E-state index contributed by atoms with van der Waals surface area (Å²) >= 11 is 2.86. The number of H-pyrrole nitrogens is 1. The summed E-state index contributed by atoms with van der Waals surface area (Å²) in [6.07, 6.45) is 1.38. The minimum absolute atomic E-state index is 0.0284. The molecule has 0 saturated heterocycles. The maximum atomic E-state index is 12.3. The van der Waals surface area contributed by atoms with Crippen LogP contribution in [0.2, 0.25) is 0 Å². The van der Waals surface area contributed by atoms with Crippen molar-refractivity contribution >= 4 is 34.5 Å². The molecular formula is C14H14N6O2S2. The number of rotatable bonds is 6. The Bertz CT molecular complexity index is 812. The molecule has 0 aliphatic carbocycles. The van der Waals surface area contributed by atoms with Gasteiger partial charge in [0.25, 0.3) is 5.91 Å². The summed E-state index contributed by atoms with van der Waals surface area (Å²) in [6, 6.07) is 3.87. The molecule has 2 amide bonds. The summed E-state index contributed by atoms with van der Waals surface area (Å²) in [7, 11) is 1.57. The van der Waals surface area contributed by atoms with Crippen molar-refractivity contribution in [3.8, 4) is 10.8 Å². The third kappa shape index (κ3) is 3.84. The Hall–Kier alpha value is -2.59. The minimum Gasteiger partial charge on any atom is -0.350 e. The number of aromatic amines is 1. The van der Waals surface area contributed by atoms with Crippen LogP contribution in [0.1, 0.15) is 15.4 Å². The van der Waals surface area contributed by atoms with Gasteiger partial charge in [-0.25, -0.2) is 9.97 Å². The van der Waals surface area contributed by atoms with Gasteiger partial charge in [-0.3, -0.25) is 14.7 Å². The fourth-order valence-corrected chi connectivity index (χ4v) is 3.31. The molecule has 0 spiro atoms. The molecule has 3 heterocycles. The maximum absolute atomic E-state index is 12.3. The van der Waals surface area contributed by atoms with Crippen LogP contribution in [-0.2, 0) is 11.3 Å². The van der Waals surface area contributed by atoms with Gasteiger partial charge in [0.15, 0.2) is 10.8 Å². The average Bonchev–Trinajstić information content (AvgIpc) is 3.33. The van der Waals surface area contributed by atoms with E-state index in [1.165, 1.54) is 22.6 Å². The molecule has 3 aromatic heterocycles. The van der Waals surface area contributed by atoms with Crippen molar-refractivity contribution in [1.82, 2.24) is 30.4 Å². The van der Waals surface area contributed by atoms with Crippen LogP contribution in [0.25, 0.3) is 10.8 Å². The predicted molar refractivity (Wildman–Crippen MR) is 90.6 cm³/mol. The van der Waals surface area contributed by atoms with E-state index in [1.807, 2.05) is 17.5 Å². The van der Waals surface area contributed by atoms with Crippen LogP contribution in [0, 0.1) is 0 Å². The van der Waals surface area contributed by atoms with E-state index in [4.69, 9.17) is 0 Å². The van der Waals surface area contributed by atoms with Crippen LogP contribution < -0.4 is 5.32 Å². The van der Waals surface area contributed by atoms with Crippen molar-refractivity contribution < 1.29 is 9.59 Å². The zero-order valence-corrected chi connectivity index (χ0v) is 14.4. The van der Waals surface area contributed by atoms with E-state index >= 15 is 0 Å². The number of nitrogens with one attached hydrogen (secondary N) is 2. The van der Waals surface area contributed by atoms with E-state index in [-0.39, 0.29) is 24.1 Å². The fraction of sp³-hybridized carbons (Fsp3) is 0.214. The SMILES string of the molecule is CN(CC(=O)NCc1cccs1)C(=O)c1csc(-c2ncn[nH]2)n1. The number of aromatic nitrogens is 4. The maximum Gasteiger partial charge on any atom is 0.273 e. The monoisotopic (exact) mass is 362 g/mol. The predicted octanol–water partition coefficient (Wildman–Crippen LogP) is 1.38. The van der Waals surface area contributed by atoms with Gasteiger partial charge in [0.1, 0.15) is 12.0 Å². The third-order valence-electron chi connectivity index (χ3n) is 3.11. The first-order valence-corrected chi connectivity index (χ1v) is 8.75. The lowest BCUT2D eigenvalue weighted by Gasteiger charge is -2.15. The van der Waals surface area contributed by atoms with Crippen LogP contribution in [0.15, 0.2) is 29.2 Å². The Kier molecular flexibility index (Phi) is 4.96. The van der Waals surface area contributed by atoms with Crippen LogP contribution >= 0.6 is 22.7 Å². The second kappa shape index (κ2) is 7.32. The minimum atomic E-state index is -0.316. The highest BCUT2D eigenvalue weighted by molar-refractivity contribution is 7.13. The first kappa shape index (κ1) is 16.3. The zero-order chi connectivity index (χ0) is 16.9. The van der Waals surface area contributed by atoms with Crippen molar-refractivity contribution in [1.29, 1.82) is 0 Å². The first-order valence-electron chi connectivity index (χ1n) is 6.99. The standard InChI is InChI=1S/C14H14N6O2S2/c1-20(6-11(21)15-5-9-3-2-4-23-9)14(22)10-7-24-13(18-10)12-16-8-17-19-12/h2-4,7-8H,5-6H2,1H3,(H,15,21)(H,16,17,19). The van der Waals surface area contributed by atoms with Crippen molar-refractivity contribution in [3.05, 3.63) is 39.8 Å². The van der Waals surface area contributed by atoms with Gasteiger partial charge in [0.05, 0.1) is 13.1 Å². The number of nitrogens with zero attached hydrogens (tertiary/aromatic N) is 4. The molecule has 3 aromatic rings. The van der Waals surface area contributed by atoms with Gasteiger partial charge >= 0.3 is 0 Å². The molecule has 10 heteroatoms. The van der Waals surface area contributed by atoms with Gasteiger partial charge in [0, 0.05) is 17.3 Å². The van der Waals surface area contributed by atoms with E-state index in [1.54, 1.807) is 23.8 Å². The van der Waals surface area contributed by atoms with Gasteiger partial charge in [-0.15, -0.1) is 22.7 Å². The molecule has 3 rings (SSSR count). The van der Waals surface area contributed by atoms with Gasteiger partial charge in [0.2, 0.25) is 5.91 Å². The Morgan fingerprint density at radius 3 is 2.96 bits per heavy atom. The van der Waals surface area contributed by atoms with Gasteiger partial charge in [-0.05, 0) is 11.4 Å². The van der Waals surface area contributed by atoms with E-state index in [2.05, 4.69) is 25.5 Å². The fourth-order valence-electron chi connectivity index (χ4n) is 1.93. The summed E-state index contributed by atoms with van der Waals surface area (Å²) in [5, 5.41) is 13.4. The summed E-state index contributed by atoms with van der Waals surface area (Å²) in [5.41, 5.74) is 0.278. The highest BCUT2D eigenvalue weighted by Gasteiger charge is 2.19. The number of carbonyl (C=O) groups is 2. The number of carbonyl (C=O) groups excluding carboxylic acids is 2. The molecule has 8 nitrogen and oxygen atoms in total. The van der Waals surface area contributed by atoms with Crippen LogP contribution in [0.4, 0.5) is 0 Å². The van der Waals surface area contributed by atoms with E-state index in [0.717, 1.165) is 4.88 Å². The lowest BCUT2D eigenvalue weighted by atomic mass is 10.4. The van der Waals surface area contributed by atoms with Crippen molar-refractivity contribution in [2.24, 2.45) is 0 Å². The highest BCUT2D eigenvalue weighted by atomic mass is 32.1. The molecule has 0 atom stereocenters. The molecule has 0 saturated carbocycles. The van der Waals surface area contributed by atoms with E-state index in [9.17, 15) is 9.59 Å². The van der Waals surface area contributed by atoms with Crippen molar-refractivity contribution in [2.45, 2.75) is 6.54 Å². The Balaban J connectivity index is 1.55. The second-order valence-corrected chi connectivity index (χ2v) is 6.78. The smallest absolute Gasteiger partial charge is 0.273 e. The topological polar surface area (TPSA) is 104 Å². The molecule has 124 valence electrons. The lowest BCUT2D eigenvalue weighted by Crippen LogP contribution is -2.38. The quantitative estimate of drug-likeness (QED) is 0.689. The number of hydrogen-bond donors (Lipinski definition) is 2. The van der Waals surface area contributed by atoms with Gasteiger partial charge < -0.3 is 10.2 Å². The Morgan fingerprint density at radius 2 is 2.25 bits per heavy atom. The molecule has 2 N–H and O–H groups in total. The largest absolute Gasteiger partial charge is 0.350 e. The number of amides is 2. The molecule has 0 aliphatic heterocycles. The summed E-state index contributed by atoms with van der Waals surface area (Å²) < 4.78 is 0. The van der Waals surface area contributed by atoms with E-state index in [0.29, 0.717) is 17.4 Å². The number of thiazole rings is 1. The van der Waals surface area contributed by atoms with Crippen LogP contribution in [0.3, 0.4) is 0 Å². The van der Waals surface area contributed by atoms with Crippen LogP contribution in [0.5, 0.6) is 0 Å². The normalized spacial score (nSPS) is 10.5. The lowest BCUT2D eigenvalue weighted by molar-refractivity contribution is -0.121. The molecule has 0 fully saturated rings. The highest BCUT2D eigenvalue weighted by Crippen LogP contribution is 2.20. The van der Waals surface area contributed by atoms with Crippen molar-refractivity contribution in [3.63, 3.8) is 0 Å². The molecule has 0 radical (unpaired) electrons. The number of likely N-dealkylation sites (N-methyl/N-ethyl adjacent to an activating group) is 1. The molecule has 0 aliphatic rings. The average molecular weight is 362 g/mol. The van der Waals surface area contributed by atoms with Crippen molar-refractivity contribution in [2.75, 3.05) is 13.6 Å².